The highest BCUT2D eigenvalue weighted by molar-refractivity contribution is 6.90. The maximum absolute atomic E-state index is 10.1. The van der Waals surface area contributed by atoms with Gasteiger partial charge >= 0.3 is 7.12 Å². The van der Waals surface area contributed by atoms with E-state index in [1.807, 2.05) is 52.0 Å². The first-order valence-corrected chi connectivity index (χ1v) is 15.5. The molecule has 0 bridgehead atoms. The van der Waals surface area contributed by atoms with Crippen LogP contribution >= 0.6 is 0 Å². The Hall–Kier alpha value is -2.29. The fourth-order valence-electron chi connectivity index (χ4n) is 5.66. The van der Waals surface area contributed by atoms with Crippen molar-refractivity contribution in [2.24, 2.45) is 0 Å². The minimum atomic E-state index is -2.03. The molecule has 0 atom stereocenters. The summed E-state index contributed by atoms with van der Waals surface area (Å²) in [6, 6.07) is 10.1. The van der Waals surface area contributed by atoms with E-state index in [2.05, 4.69) is 59.1 Å². The number of rotatable bonds is 7. The zero-order valence-corrected chi connectivity index (χ0v) is 25.4. The summed E-state index contributed by atoms with van der Waals surface area (Å²) in [5.41, 5.74) is 6.35. The Balaban J connectivity index is 2.37. The van der Waals surface area contributed by atoms with Gasteiger partial charge in [-0.05, 0) is 78.8 Å². The Morgan fingerprint density at radius 3 is 2.00 bits per heavy atom. The van der Waals surface area contributed by atoms with Crippen molar-refractivity contribution in [3.05, 3.63) is 35.4 Å². The normalized spacial score (nSPS) is 16.8. The maximum Gasteiger partial charge on any atom is 0.495 e. The number of methoxy groups -OCH3 is 1. The summed E-state index contributed by atoms with van der Waals surface area (Å²) in [7, 11) is -1.07. The van der Waals surface area contributed by atoms with Crippen molar-refractivity contribution >= 4 is 31.4 Å². The largest absolute Gasteiger partial charge is 0.495 e. The second kappa shape index (κ2) is 10.8. The lowest BCUT2D eigenvalue weighted by Crippen LogP contribution is -2.43. The van der Waals surface area contributed by atoms with Gasteiger partial charge in [0.25, 0.3) is 0 Å². The maximum atomic E-state index is 10.1. The van der Waals surface area contributed by atoms with Crippen molar-refractivity contribution < 1.29 is 18.8 Å². The molecule has 0 unspecified atom stereocenters. The third-order valence-corrected chi connectivity index (χ3v) is 14.7. The first-order chi connectivity index (χ1) is 17.2. The van der Waals surface area contributed by atoms with Gasteiger partial charge in [-0.15, -0.1) is 5.54 Å². The van der Waals surface area contributed by atoms with Gasteiger partial charge in [0, 0.05) is 12.7 Å². The molecular weight excluding hydrogens is 477 g/mol. The molecule has 0 N–H and O–H groups in total. The molecule has 0 aromatic heterocycles. The van der Waals surface area contributed by atoms with E-state index in [4.69, 9.17) is 18.8 Å². The lowest BCUT2D eigenvalue weighted by Gasteiger charge is -2.38. The molecule has 1 fully saturated rings. The van der Waals surface area contributed by atoms with E-state index in [0.29, 0.717) is 27.9 Å². The summed E-state index contributed by atoms with van der Waals surface area (Å²) in [6.45, 7) is 22.1. The Morgan fingerprint density at radius 1 is 0.946 bits per heavy atom. The second-order valence-corrected chi connectivity index (χ2v) is 17.6. The van der Waals surface area contributed by atoms with Gasteiger partial charge in [-0.2, -0.15) is 5.26 Å². The SMILES string of the molecule is COCOc1cc(B2OC(C)(C)C(C)(C)O2)c2c(C#C[Si](C(C)C)(C(C)C)C(C)C)c(C#N)ccc2c1. The number of hydrogen-bond donors (Lipinski definition) is 0. The molecule has 0 spiro atoms. The van der Waals surface area contributed by atoms with Gasteiger partial charge in [0.2, 0.25) is 0 Å². The molecule has 1 heterocycles. The van der Waals surface area contributed by atoms with Crippen LogP contribution in [0.25, 0.3) is 10.8 Å². The van der Waals surface area contributed by atoms with Crippen LogP contribution in [-0.4, -0.2) is 40.3 Å². The van der Waals surface area contributed by atoms with Gasteiger partial charge < -0.3 is 18.8 Å². The third-order valence-electron chi connectivity index (χ3n) is 8.36. The van der Waals surface area contributed by atoms with Crippen molar-refractivity contribution in [3.63, 3.8) is 0 Å². The third kappa shape index (κ3) is 5.34. The van der Waals surface area contributed by atoms with E-state index in [9.17, 15) is 5.26 Å². The lowest BCUT2D eigenvalue weighted by molar-refractivity contribution is 0.00578. The van der Waals surface area contributed by atoms with Crippen molar-refractivity contribution in [2.75, 3.05) is 13.9 Å². The molecule has 0 amide bonds. The second-order valence-electron chi connectivity index (χ2n) is 12.0. The Bertz CT molecular complexity index is 1210. The predicted octanol–water partition coefficient (Wildman–Crippen LogP) is 6.56. The van der Waals surface area contributed by atoms with Crippen LogP contribution in [0.4, 0.5) is 0 Å². The molecule has 1 aliphatic rings. The van der Waals surface area contributed by atoms with Gasteiger partial charge in [-0.3, -0.25) is 0 Å². The fraction of sp³-hybridized carbons (Fsp3) is 0.567. The van der Waals surface area contributed by atoms with Crippen LogP contribution in [0.3, 0.4) is 0 Å². The van der Waals surface area contributed by atoms with Crippen molar-refractivity contribution in [3.8, 4) is 23.3 Å². The minimum Gasteiger partial charge on any atom is -0.468 e. The number of benzene rings is 2. The molecule has 37 heavy (non-hydrogen) atoms. The molecule has 2 aromatic carbocycles. The smallest absolute Gasteiger partial charge is 0.468 e. The molecule has 0 radical (unpaired) electrons. The van der Waals surface area contributed by atoms with Gasteiger partial charge in [0.1, 0.15) is 19.9 Å². The first-order valence-electron chi connectivity index (χ1n) is 13.2. The Kier molecular flexibility index (Phi) is 8.57. The highest BCUT2D eigenvalue weighted by Crippen LogP contribution is 2.41. The van der Waals surface area contributed by atoms with Crippen LogP contribution in [0.1, 0.15) is 80.4 Å². The summed E-state index contributed by atoms with van der Waals surface area (Å²) in [5, 5.41) is 11.9. The van der Waals surface area contributed by atoms with E-state index >= 15 is 0 Å². The van der Waals surface area contributed by atoms with Crippen LogP contribution in [0.2, 0.25) is 16.6 Å². The lowest BCUT2D eigenvalue weighted by atomic mass is 9.74. The zero-order valence-electron chi connectivity index (χ0n) is 24.4. The Labute approximate surface area is 225 Å². The number of fused-ring (bicyclic) bond motifs is 1. The number of nitriles is 1. The first kappa shape index (κ1) is 29.3. The average molecular weight is 520 g/mol. The zero-order chi connectivity index (χ0) is 27.8. The van der Waals surface area contributed by atoms with Crippen molar-refractivity contribution in [1.29, 1.82) is 5.26 Å². The molecule has 7 heteroatoms. The molecule has 0 aliphatic carbocycles. The van der Waals surface area contributed by atoms with Gasteiger partial charge in [0.05, 0.1) is 16.8 Å². The van der Waals surface area contributed by atoms with Gasteiger partial charge in [-0.1, -0.05) is 53.5 Å². The van der Waals surface area contributed by atoms with Gasteiger partial charge in [0.15, 0.2) is 6.79 Å². The van der Waals surface area contributed by atoms with Crippen LogP contribution < -0.4 is 10.2 Å². The molecular formula is C30H42BNO4Si. The summed E-state index contributed by atoms with van der Waals surface area (Å²) in [5.74, 6) is 4.22. The van der Waals surface area contributed by atoms with Gasteiger partial charge in [-0.25, -0.2) is 0 Å². The fourth-order valence-corrected chi connectivity index (χ4v) is 10.9. The molecule has 198 valence electrons. The topological polar surface area (TPSA) is 60.7 Å². The number of ether oxygens (including phenoxy) is 2. The molecule has 2 aromatic rings. The van der Waals surface area contributed by atoms with Crippen molar-refractivity contribution in [1.82, 2.24) is 0 Å². The quantitative estimate of drug-likeness (QED) is 0.235. The summed E-state index contributed by atoms with van der Waals surface area (Å²) in [6.07, 6.45) is 0. The average Bonchev–Trinajstić information content (AvgIpc) is 3.03. The Morgan fingerprint density at radius 2 is 1.51 bits per heavy atom. The molecule has 0 saturated carbocycles. The highest BCUT2D eigenvalue weighted by Gasteiger charge is 2.52. The van der Waals surface area contributed by atoms with E-state index in [1.54, 1.807) is 7.11 Å². The van der Waals surface area contributed by atoms with E-state index in [1.165, 1.54) is 0 Å². The summed E-state index contributed by atoms with van der Waals surface area (Å²) < 4.78 is 23.9. The van der Waals surface area contributed by atoms with Crippen LogP contribution in [0.15, 0.2) is 24.3 Å². The summed E-state index contributed by atoms with van der Waals surface area (Å²) >= 11 is 0. The predicted molar refractivity (Wildman–Crippen MR) is 155 cm³/mol. The van der Waals surface area contributed by atoms with E-state index in [0.717, 1.165) is 21.8 Å². The number of hydrogen-bond acceptors (Lipinski definition) is 5. The molecule has 1 saturated heterocycles. The van der Waals surface area contributed by atoms with E-state index in [-0.39, 0.29) is 6.79 Å². The minimum absolute atomic E-state index is 0.128. The molecule has 5 nitrogen and oxygen atoms in total. The van der Waals surface area contributed by atoms with Crippen molar-refractivity contribution in [2.45, 2.75) is 97.1 Å². The number of nitrogens with zero attached hydrogens (tertiary/aromatic N) is 1. The van der Waals surface area contributed by atoms with Crippen LogP contribution in [-0.2, 0) is 14.0 Å². The van der Waals surface area contributed by atoms with E-state index < -0.39 is 26.4 Å². The highest BCUT2D eigenvalue weighted by atomic mass is 28.3. The van der Waals surface area contributed by atoms with Crippen LogP contribution in [0, 0.1) is 22.8 Å². The molecule has 3 rings (SSSR count). The summed E-state index contributed by atoms with van der Waals surface area (Å²) in [4.78, 5) is 0. The molecule has 1 aliphatic heterocycles. The standard InChI is InChI=1S/C30H42BNO4Si/c1-20(2)37(21(3)4,22(5)6)15-14-26-24(18-32)13-12-23-16-25(34-19-33-11)17-27(28(23)26)31-35-29(7,8)30(9,10)36-31/h12-13,16-17,20-22H,19H2,1-11H3. The van der Waals surface area contributed by atoms with Crippen LogP contribution in [0.5, 0.6) is 5.75 Å². The monoisotopic (exact) mass is 519 g/mol.